The zero-order valence-corrected chi connectivity index (χ0v) is 35.4. The monoisotopic (exact) mass is 849 g/mol. The van der Waals surface area contributed by atoms with Crippen molar-refractivity contribution in [2.75, 3.05) is 26.7 Å². The van der Waals surface area contributed by atoms with Crippen molar-refractivity contribution < 1.29 is 46.2 Å². The second-order valence-corrected chi connectivity index (χ2v) is 18.5. The van der Waals surface area contributed by atoms with E-state index in [0.29, 0.717) is 40.9 Å². The number of carbonyl (C=O) groups excluding carboxylic acids is 4. The highest BCUT2D eigenvalue weighted by atomic mass is 32.2. The Bertz CT molecular complexity index is 2220. The number of aryl methyl sites for hydroxylation is 1. The summed E-state index contributed by atoms with van der Waals surface area (Å²) in [7, 11) is 1.57. The van der Waals surface area contributed by atoms with E-state index in [-0.39, 0.29) is 45.2 Å². The lowest BCUT2D eigenvalue weighted by molar-refractivity contribution is -0.151. The van der Waals surface area contributed by atoms with Crippen molar-refractivity contribution in [3.05, 3.63) is 66.7 Å². The standard InChI is InChI=1S/C44H53F2N5O8S/c1-7-28-23-44(28,41(55)51(60(56)57)29-14-15-29)48-39(53)34-20-30(24-50(34)40(54)32(42(3,4)5)21-37(52)49-19-11-18-43(45,46)25-49)59-36-22-33(27-12-9-8-10-13-27)47-38-26(2)35(58-6)17-16-31(36)38/h7-10,12-13,16-17,22,28-30,32,34H,1,11,14-15,18-21,23-25H2,2-6H3,(H,48,53)(H,56,57)/t28-,30-,32-,34+,44?/m1/s1. The lowest BCUT2D eigenvalue weighted by atomic mass is 9.77. The van der Waals surface area contributed by atoms with Gasteiger partial charge in [-0.2, -0.15) is 0 Å². The van der Waals surface area contributed by atoms with Crippen LogP contribution >= 0.6 is 0 Å². The maximum absolute atomic E-state index is 14.9. The molecule has 2 unspecified atom stereocenters. The normalized spacial score (nSPS) is 24.6. The number of fused-ring (bicyclic) bond motifs is 1. The first-order chi connectivity index (χ1) is 28.4. The number of methoxy groups -OCH3 is 1. The molecule has 7 rings (SSSR count). The molecular formula is C44H53F2N5O8S. The van der Waals surface area contributed by atoms with Crippen LogP contribution in [0, 0.1) is 24.2 Å². The Kier molecular flexibility index (Phi) is 11.9. The summed E-state index contributed by atoms with van der Waals surface area (Å²) in [6.45, 7) is 10.4. The van der Waals surface area contributed by atoms with E-state index in [0.717, 1.165) is 20.3 Å². The van der Waals surface area contributed by atoms with E-state index in [9.17, 15) is 36.7 Å². The number of nitrogens with one attached hydrogen (secondary N) is 1. The average Bonchev–Trinajstić information content (AvgIpc) is 4.12. The number of nitrogens with zero attached hydrogens (tertiary/aromatic N) is 4. The van der Waals surface area contributed by atoms with Crippen molar-refractivity contribution in [3.63, 3.8) is 0 Å². The van der Waals surface area contributed by atoms with Crippen molar-refractivity contribution in [1.82, 2.24) is 24.4 Å². The number of hydrogen-bond acceptors (Lipinski definition) is 8. The van der Waals surface area contributed by atoms with E-state index in [1.54, 1.807) is 27.9 Å². The van der Waals surface area contributed by atoms with Gasteiger partial charge in [0.15, 0.2) is 0 Å². The Morgan fingerprint density at radius 1 is 1.13 bits per heavy atom. The molecule has 2 aromatic carbocycles. The molecule has 0 bridgehead atoms. The molecule has 13 nitrogen and oxygen atoms in total. The smallest absolute Gasteiger partial charge is 0.265 e. The maximum atomic E-state index is 14.9. The molecule has 0 radical (unpaired) electrons. The Morgan fingerprint density at radius 3 is 2.45 bits per heavy atom. The maximum Gasteiger partial charge on any atom is 0.265 e. The Morgan fingerprint density at radius 2 is 1.85 bits per heavy atom. The third-order valence-corrected chi connectivity index (χ3v) is 13.1. The van der Waals surface area contributed by atoms with Gasteiger partial charge < -0.3 is 24.6 Å². The first-order valence-electron chi connectivity index (χ1n) is 20.4. The minimum Gasteiger partial charge on any atom is -0.496 e. The van der Waals surface area contributed by atoms with Crippen molar-refractivity contribution >= 4 is 45.8 Å². The molecule has 0 spiro atoms. The largest absolute Gasteiger partial charge is 0.496 e. The fourth-order valence-corrected chi connectivity index (χ4v) is 9.42. The lowest BCUT2D eigenvalue weighted by Crippen LogP contribution is -2.58. The molecule has 2 saturated heterocycles. The Labute approximate surface area is 351 Å². The van der Waals surface area contributed by atoms with Gasteiger partial charge in [0, 0.05) is 60.3 Å². The molecule has 3 heterocycles. The molecule has 4 aliphatic rings. The number of likely N-dealkylation sites (tertiary alicyclic amines) is 2. The zero-order chi connectivity index (χ0) is 43.3. The number of alkyl halides is 2. The predicted octanol–water partition coefficient (Wildman–Crippen LogP) is 6.07. The van der Waals surface area contributed by atoms with Crippen molar-refractivity contribution in [2.45, 2.75) is 102 Å². The van der Waals surface area contributed by atoms with E-state index in [4.69, 9.17) is 14.5 Å². The van der Waals surface area contributed by atoms with Crippen LogP contribution in [0.4, 0.5) is 8.78 Å². The number of halogens is 2. The Hall–Kier alpha value is -4.96. The van der Waals surface area contributed by atoms with Crippen LogP contribution in [-0.2, 0) is 30.4 Å². The molecule has 2 saturated carbocycles. The van der Waals surface area contributed by atoms with Crippen LogP contribution < -0.4 is 14.8 Å². The van der Waals surface area contributed by atoms with Gasteiger partial charge in [-0.1, -0.05) is 57.2 Å². The van der Waals surface area contributed by atoms with Gasteiger partial charge in [0.25, 0.3) is 23.1 Å². The highest BCUT2D eigenvalue weighted by Crippen LogP contribution is 2.48. The van der Waals surface area contributed by atoms with Crippen LogP contribution in [-0.4, -0.2) is 108 Å². The molecule has 4 amide bonds. The van der Waals surface area contributed by atoms with E-state index < -0.39 is 88.3 Å². The Balaban J connectivity index is 1.24. The highest BCUT2D eigenvalue weighted by molar-refractivity contribution is 7.77. The van der Waals surface area contributed by atoms with Gasteiger partial charge in [0.05, 0.1) is 37.3 Å². The van der Waals surface area contributed by atoms with Crippen LogP contribution in [0.1, 0.15) is 71.3 Å². The molecule has 2 aliphatic heterocycles. The fraction of sp³-hybridized carbons (Fsp3) is 0.523. The number of carbonyl (C=O) groups is 4. The summed E-state index contributed by atoms with van der Waals surface area (Å²) in [6.07, 6.45) is 1.45. The summed E-state index contributed by atoms with van der Waals surface area (Å²) in [5, 5.41) is 3.55. The molecule has 1 aromatic heterocycles. The van der Waals surface area contributed by atoms with E-state index in [1.165, 1.54) is 11.0 Å². The second kappa shape index (κ2) is 16.5. The summed E-state index contributed by atoms with van der Waals surface area (Å²) >= 11 is -2.63. The van der Waals surface area contributed by atoms with Gasteiger partial charge in [0.2, 0.25) is 17.7 Å². The van der Waals surface area contributed by atoms with Crippen LogP contribution in [0.2, 0.25) is 0 Å². The van der Waals surface area contributed by atoms with Crippen molar-refractivity contribution in [2.24, 2.45) is 17.3 Å². The summed E-state index contributed by atoms with van der Waals surface area (Å²) in [4.78, 5) is 64.7. The number of rotatable bonds is 13. The molecule has 2 aliphatic carbocycles. The van der Waals surface area contributed by atoms with Crippen molar-refractivity contribution in [3.8, 4) is 22.8 Å². The van der Waals surface area contributed by atoms with E-state index >= 15 is 0 Å². The van der Waals surface area contributed by atoms with Gasteiger partial charge in [-0.05, 0) is 50.2 Å². The summed E-state index contributed by atoms with van der Waals surface area (Å²) < 4.78 is 64.6. The lowest BCUT2D eigenvalue weighted by Gasteiger charge is -2.37. The number of hydrogen-bond donors (Lipinski definition) is 2. The molecule has 322 valence electrons. The molecule has 6 atom stereocenters. The summed E-state index contributed by atoms with van der Waals surface area (Å²) in [6, 6.07) is 13.4. The fourth-order valence-electron chi connectivity index (χ4n) is 8.64. The van der Waals surface area contributed by atoms with E-state index in [2.05, 4.69) is 11.9 Å². The molecule has 3 aromatic rings. The SMILES string of the molecule is C=C[C@@H]1CC1(NC(=O)[C@@H]1C[C@@H](Oc2cc(-c3ccccc3)nc3c(C)c(OC)ccc23)CN1C(=O)[C@@H](CC(=O)N1CCCC(F)(F)C1)C(C)(C)C)C(=O)N(C1CC1)S(=O)O. The quantitative estimate of drug-likeness (QED) is 0.154. The second-order valence-electron chi connectivity index (χ2n) is 17.6. The number of pyridine rings is 1. The van der Waals surface area contributed by atoms with Gasteiger partial charge >= 0.3 is 0 Å². The summed E-state index contributed by atoms with van der Waals surface area (Å²) in [5.74, 6) is -6.00. The van der Waals surface area contributed by atoms with Crippen LogP contribution in [0.25, 0.3) is 22.2 Å². The molecular weight excluding hydrogens is 797 g/mol. The minimum atomic E-state index is -3.03. The zero-order valence-electron chi connectivity index (χ0n) is 34.6. The van der Waals surface area contributed by atoms with Crippen LogP contribution in [0.3, 0.4) is 0 Å². The first kappa shape index (κ1) is 43.1. The number of amides is 4. The molecule has 2 N–H and O–H groups in total. The summed E-state index contributed by atoms with van der Waals surface area (Å²) in [5.41, 5.74) is 0.473. The first-order valence-corrected chi connectivity index (χ1v) is 21.5. The molecule has 16 heteroatoms. The van der Waals surface area contributed by atoms with Crippen LogP contribution in [0.5, 0.6) is 11.5 Å². The van der Waals surface area contributed by atoms with Gasteiger partial charge in [-0.3, -0.25) is 23.7 Å². The topological polar surface area (TPSA) is 159 Å². The van der Waals surface area contributed by atoms with Crippen LogP contribution in [0.15, 0.2) is 61.2 Å². The number of benzene rings is 2. The number of piperidine rings is 1. The molecule has 60 heavy (non-hydrogen) atoms. The van der Waals surface area contributed by atoms with Gasteiger partial charge in [-0.25, -0.2) is 22.3 Å². The van der Waals surface area contributed by atoms with Crippen molar-refractivity contribution in [1.29, 1.82) is 0 Å². The van der Waals surface area contributed by atoms with Gasteiger partial charge in [-0.15, -0.1) is 6.58 Å². The average molecular weight is 850 g/mol. The number of aromatic nitrogens is 1. The third kappa shape index (κ3) is 8.63. The number of ether oxygens (including phenoxy) is 2. The highest BCUT2D eigenvalue weighted by Gasteiger charge is 2.64. The van der Waals surface area contributed by atoms with Gasteiger partial charge in [0.1, 0.15) is 29.2 Å². The predicted molar refractivity (Wildman–Crippen MR) is 221 cm³/mol. The third-order valence-electron chi connectivity index (χ3n) is 12.3. The minimum absolute atomic E-state index is 0.0123. The van der Waals surface area contributed by atoms with E-state index in [1.807, 2.05) is 55.5 Å². The molecule has 4 fully saturated rings.